The number of quaternary nitrogens is 1. The third-order valence-electron chi connectivity index (χ3n) is 4.30. The van der Waals surface area contributed by atoms with Crippen LogP contribution >= 0.6 is 12.2 Å². The topological polar surface area (TPSA) is 51.8 Å². The van der Waals surface area contributed by atoms with E-state index in [0.717, 1.165) is 26.2 Å². The van der Waals surface area contributed by atoms with Crippen molar-refractivity contribution in [1.29, 1.82) is 0 Å². The Morgan fingerprint density at radius 2 is 1.88 bits per heavy atom. The van der Waals surface area contributed by atoms with E-state index in [1.807, 2.05) is 12.1 Å². The lowest BCUT2D eigenvalue weighted by Gasteiger charge is -2.33. The highest BCUT2D eigenvalue weighted by Gasteiger charge is 2.22. The molecule has 4 rings (SSSR count). The zero-order valence-electron chi connectivity index (χ0n) is 13.2. The Hall–Kier alpha value is -2.38. The van der Waals surface area contributed by atoms with Crippen molar-refractivity contribution in [1.82, 2.24) is 9.78 Å². The number of hydrogen-bond acceptors (Lipinski definition) is 5. The van der Waals surface area contributed by atoms with Crippen LogP contribution in [0.15, 0.2) is 57.6 Å². The quantitative estimate of drug-likeness (QED) is 0.733. The van der Waals surface area contributed by atoms with Crippen LogP contribution in [0, 0.1) is 4.84 Å². The van der Waals surface area contributed by atoms with Crippen LogP contribution in [0.25, 0.3) is 11.7 Å². The molecule has 1 aliphatic rings. The first kappa shape index (κ1) is 15.2. The summed E-state index contributed by atoms with van der Waals surface area (Å²) in [7, 11) is 0. The van der Waals surface area contributed by atoms with E-state index < -0.39 is 0 Å². The van der Waals surface area contributed by atoms with Crippen LogP contribution < -0.4 is 9.80 Å². The Labute approximate surface area is 144 Å². The molecule has 2 aromatic heterocycles. The van der Waals surface area contributed by atoms with Crippen molar-refractivity contribution in [2.75, 3.05) is 31.1 Å². The number of benzene rings is 1. The Morgan fingerprint density at radius 1 is 1.08 bits per heavy atom. The molecule has 7 heteroatoms. The minimum atomic E-state index is 0.388. The Balaban J connectivity index is 1.40. The molecule has 0 aliphatic carbocycles. The molecule has 0 unspecified atom stereocenters. The number of nitrogens with zero attached hydrogens (tertiary/aromatic N) is 3. The molecule has 1 saturated heterocycles. The van der Waals surface area contributed by atoms with Gasteiger partial charge in [0.1, 0.15) is 0 Å². The highest BCUT2D eigenvalue weighted by molar-refractivity contribution is 7.71. The van der Waals surface area contributed by atoms with Crippen molar-refractivity contribution in [2.45, 2.75) is 6.67 Å². The summed E-state index contributed by atoms with van der Waals surface area (Å²) in [4.78, 5) is 4.25. The molecule has 3 heterocycles. The van der Waals surface area contributed by atoms with E-state index in [1.54, 1.807) is 17.0 Å². The molecule has 0 spiro atoms. The molecule has 124 valence electrons. The summed E-state index contributed by atoms with van der Waals surface area (Å²) in [6.07, 6.45) is 1.60. The number of aromatic nitrogens is 2. The SMILES string of the molecule is S=c1oc(-c2ccco2)nn1C[NH+]1CCN(c2ccccc2)CC1. The van der Waals surface area contributed by atoms with Crippen molar-refractivity contribution >= 4 is 17.9 Å². The van der Waals surface area contributed by atoms with Gasteiger partial charge in [0.25, 0.3) is 10.7 Å². The molecule has 6 nitrogen and oxygen atoms in total. The molecule has 24 heavy (non-hydrogen) atoms. The predicted octanol–water partition coefficient (Wildman–Crippen LogP) is 1.83. The standard InChI is InChI=1S/C17H18N4O2S/c24-17-21(18-16(23-17)15-7-4-12-22-15)13-19-8-10-20(11-9-19)14-5-2-1-3-6-14/h1-7,12H,8-11,13H2/p+1. The second-order valence-electron chi connectivity index (χ2n) is 5.88. The summed E-state index contributed by atoms with van der Waals surface area (Å²) in [6, 6.07) is 14.2. The van der Waals surface area contributed by atoms with Gasteiger partial charge in [0.05, 0.1) is 32.4 Å². The number of nitrogens with one attached hydrogen (secondary N) is 1. The fourth-order valence-electron chi connectivity index (χ4n) is 3.00. The van der Waals surface area contributed by atoms with Crippen molar-refractivity contribution in [3.05, 3.63) is 53.6 Å². The molecule has 0 radical (unpaired) electrons. The molecule has 1 fully saturated rings. The van der Waals surface area contributed by atoms with Crippen LogP contribution in [0.2, 0.25) is 0 Å². The Kier molecular flexibility index (Phi) is 4.18. The second-order valence-corrected chi connectivity index (χ2v) is 6.23. The molecule has 1 N–H and O–H groups in total. The van der Waals surface area contributed by atoms with Gasteiger partial charge < -0.3 is 18.6 Å². The number of furan rings is 1. The number of hydrogen-bond donors (Lipinski definition) is 1. The van der Waals surface area contributed by atoms with E-state index in [4.69, 9.17) is 21.1 Å². The summed E-state index contributed by atoms with van der Waals surface area (Å²) in [6.45, 7) is 4.84. The van der Waals surface area contributed by atoms with Crippen molar-refractivity contribution in [3.8, 4) is 11.7 Å². The van der Waals surface area contributed by atoms with E-state index in [1.165, 1.54) is 10.6 Å². The number of anilines is 1. The third-order valence-corrected chi connectivity index (χ3v) is 4.60. The second kappa shape index (κ2) is 6.62. The van der Waals surface area contributed by atoms with Gasteiger partial charge in [0.2, 0.25) is 0 Å². The lowest BCUT2D eigenvalue weighted by atomic mass is 10.2. The molecule has 0 bridgehead atoms. The molecule has 3 aromatic rings. The minimum Gasteiger partial charge on any atom is -0.459 e. The highest BCUT2D eigenvalue weighted by atomic mass is 32.1. The predicted molar refractivity (Wildman–Crippen MR) is 92.4 cm³/mol. The van der Waals surface area contributed by atoms with Gasteiger partial charge in [0, 0.05) is 5.69 Å². The summed E-state index contributed by atoms with van der Waals surface area (Å²) in [5.41, 5.74) is 1.29. The molecule has 0 atom stereocenters. The van der Waals surface area contributed by atoms with E-state index in [9.17, 15) is 0 Å². The monoisotopic (exact) mass is 343 g/mol. The molecule has 0 saturated carbocycles. The maximum absolute atomic E-state index is 5.54. The molecule has 1 aliphatic heterocycles. The summed E-state index contributed by atoms with van der Waals surface area (Å²) < 4.78 is 12.6. The summed E-state index contributed by atoms with van der Waals surface area (Å²) >= 11 is 5.28. The molecular weight excluding hydrogens is 324 g/mol. The van der Waals surface area contributed by atoms with Gasteiger partial charge in [-0.3, -0.25) is 0 Å². The van der Waals surface area contributed by atoms with Gasteiger partial charge in [-0.15, -0.1) is 5.10 Å². The Bertz CT molecular complexity index is 833. The molecular formula is C17H19N4O2S+. The highest BCUT2D eigenvalue weighted by Crippen LogP contribution is 2.17. The van der Waals surface area contributed by atoms with Crippen LogP contribution in [-0.4, -0.2) is 36.0 Å². The van der Waals surface area contributed by atoms with Crippen molar-refractivity contribution in [2.24, 2.45) is 0 Å². The van der Waals surface area contributed by atoms with E-state index in [0.29, 0.717) is 23.2 Å². The van der Waals surface area contributed by atoms with E-state index in [-0.39, 0.29) is 0 Å². The van der Waals surface area contributed by atoms with Crippen LogP contribution in [0.1, 0.15) is 0 Å². The first-order chi connectivity index (χ1) is 11.8. The van der Waals surface area contributed by atoms with Gasteiger partial charge in [-0.25, -0.2) is 0 Å². The number of para-hydroxylation sites is 1. The van der Waals surface area contributed by atoms with Gasteiger partial charge in [-0.1, -0.05) is 18.2 Å². The van der Waals surface area contributed by atoms with Crippen LogP contribution in [-0.2, 0) is 6.67 Å². The van der Waals surface area contributed by atoms with Gasteiger partial charge in [0.15, 0.2) is 12.4 Å². The molecule has 1 aromatic carbocycles. The lowest BCUT2D eigenvalue weighted by molar-refractivity contribution is -0.924. The normalized spacial score (nSPS) is 15.8. The van der Waals surface area contributed by atoms with Crippen LogP contribution in [0.3, 0.4) is 0 Å². The van der Waals surface area contributed by atoms with Crippen LogP contribution in [0.4, 0.5) is 5.69 Å². The zero-order valence-corrected chi connectivity index (χ0v) is 14.0. The fraction of sp³-hybridized carbons (Fsp3) is 0.294. The average molecular weight is 343 g/mol. The van der Waals surface area contributed by atoms with Gasteiger partial charge >= 0.3 is 0 Å². The maximum Gasteiger partial charge on any atom is 0.292 e. The molecule has 0 amide bonds. The first-order valence-corrected chi connectivity index (χ1v) is 8.46. The van der Waals surface area contributed by atoms with Crippen molar-refractivity contribution in [3.63, 3.8) is 0 Å². The smallest absolute Gasteiger partial charge is 0.292 e. The van der Waals surface area contributed by atoms with Gasteiger partial charge in [-0.2, -0.15) is 4.68 Å². The minimum absolute atomic E-state index is 0.388. The maximum atomic E-state index is 5.54. The third kappa shape index (κ3) is 3.13. The lowest BCUT2D eigenvalue weighted by Crippen LogP contribution is -3.14. The first-order valence-electron chi connectivity index (χ1n) is 8.05. The van der Waals surface area contributed by atoms with Crippen LogP contribution in [0.5, 0.6) is 0 Å². The van der Waals surface area contributed by atoms with E-state index >= 15 is 0 Å². The van der Waals surface area contributed by atoms with Crippen molar-refractivity contribution < 1.29 is 13.7 Å². The average Bonchev–Trinajstić information content (AvgIpc) is 3.27. The summed E-state index contributed by atoms with van der Waals surface area (Å²) in [5.74, 6) is 1.04. The number of piperazine rings is 1. The van der Waals surface area contributed by atoms with E-state index in [2.05, 4.69) is 34.3 Å². The largest absolute Gasteiger partial charge is 0.459 e. The fourth-order valence-corrected chi connectivity index (χ4v) is 3.18. The number of rotatable bonds is 4. The Morgan fingerprint density at radius 3 is 2.58 bits per heavy atom. The van der Waals surface area contributed by atoms with Gasteiger partial charge in [-0.05, 0) is 36.5 Å². The summed E-state index contributed by atoms with van der Waals surface area (Å²) in [5, 5.41) is 4.44. The zero-order chi connectivity index (χ0) is 16.4.